The number of benzene rings is 1. The maximum absolute atomic E-state index is 13.1. The Kier molecular flexibility index (Phi) is 6.46. The Morgan fingerprint density at radius 3 is 2.45 bits per heavy atom. The maximum Gasteiger partial charge on any atom is 0.332 e. The van der Waals surface area contributed by atoms with Gasteiger partial charge in [-0.05, 0) is 25.5 Å². The quantitative estimate of drug-likeness (QED) is 0.298. The van der Waals surface area contributed by atoms with Gasteiger partial charge in [-0.1, -0.05) is 50.7 Å². The fourth-order valence-electron chi connectivity index (χ4n) is 3.44. The molecule has 0 saturated carbocycles. The van der Waals surface area contributed by atoms with Gasteiger partial charge in [0.1, 0.15) is 16.2 Å². The third kappa shape index (κ3) is 4.35. The van der Waals surface area contributed by atoms with E-state index in [1.165, 1.54) is 18.8 Å². The first kappa shape index (κ1) is 22.9. The van der Waals surface area contributed by atoms with Crippen molar-refractivity contribution in [2.24, 2.45) is 7.05 Å². The van der Waals surface area contributed by atoms with Gasteiger partial charge in [0.05, 0.1) is 5.25 Å². The predicted octanol–water partition coefficient (Wildman–Crippen LogP) is 3.93. The molecule has 4 aromatic rings. The van der Waals surface area contributed by atoms with Gasteiger partial charge in [-0.25, -0.2) is 14.8 Å². The van der Waals surface area contributed by atoms with Crippen molar-refractivity contribution in [2.75, 3.05) is 0 Å². The van der Waals surface area contributed by atoms with Gasteiger partial charge in [0.15, 0.2) is 5.65 Å². The van der Waals surface area contributed by atoms with Crippen molar-refractivity contribution >= 4 is 22.8 Å². The summed E-state index contributed by atoms with van der Waals surface area (Å²) in [6.07, 6.45) is 0.733. The van der Waals surface area contributed by atoms with Gasteiger partial charge < -0.3 is 4.42 Å². The van der Waals surface area contributed by atoms with Crippen molar-refractivity contribution < 1.29 is 4.42 Å². The zero-order chi connectivity index (χ0) is 23.7. The molecule has 172 valence electrons. The number of rotatable bonds is 7. The summed E-state index contributed by atoms with van der Waals surface area (Å²) in [5, 5.41) is 8.93. The first-order chi connectivity index (χ1) is 15.8. The average Bonchev–Trinajstić information content (AvgIpc) is 3.31. The third-order valence-corrected chi connectivity index (χ3v) is 6.30. The molecule has 1 aromatic carbocycles. The van der Waals surface area contributed by atoms with Crippen molar-refractivity contribution in [3.05, 3.63) is 62.9 Å². The van der Waals surface area contributed by atoms with E-state index in [2.05, 4.69) is 15.2 Å². The van der Waals surface area contributed by atoms with Crippen LogP contribution in [0.5, 0.6) is 0 Å². The third-order valence-electron chi connectivity index (χ3n) is 5.23. The molecule has 0 radical (unpaired) electrons. The first-order valence-electron chi connectivity index (χ1n) is 10.9. The van der Waals surface area contributed by atoms with E-state index in [0.717, 1.165) is 16.6 Å². The van der Waals surface area contributed by atoms with E-state index in [4.69, 9.17) is 9.40 Å². The maximum atomic E-state index is 13.1. The topological polar surface area (TPSA) is 109 Å². The van der Waals surface area contributed by atoms with Crippen LogP contribution in [0.1, 0.15) is 57.0 Å². The fourth-order valence-corrected chi connectivity index (χ4v) is 4.41. The van der Waals surface area contributed by atoms with E-state index in [1.807, 2.05) is 58.0 Å². The predicted molar refractivity (Wildman–Crippen MR) is 127 cm³/mol. The van der Waals surface area contributed by atoms with E-state index in [0.29, 0.717) is 40.2 Å². The molecule has 0 N–H and O–H groups in total. The Bertz CT molecular complexity index is 1410. The summed E-state index contributed by atoms with van der Waals surface area (Å²) < 4.78 is 8.58. The number of aryl methyl sites for hydroxylation is 1. The lowest BCUT2D eigenvalue weighted by molar-refractivity contribution is 0.509. The minimum atomic E-state index is -0.414. The Morgan fingerprint density at radius 1 is 1.06 bits per heavy atom. The lowest BCUT2D eigenvalue weighted by Gasteiger charge is -2.16. The molecular weight excluding hydrogens is 440 g/mol. The van der Waals surface area contributed by atoms with Crippen LogP contribution in [0.25, 0.3) is 22.5 Å². The summed E-state index contributed by atoms with van der Waals surface area (Å²) in [5.41, 5.74) is 0.411. The Hall–Kier alpha value is -3.27. The summed E-state index contributed by atoms with van der Waals surface area (Å²) in [6, 6.07) is 9.54. The van der Waals surface area contributed by atoms with Gasteiger partial charge in [0.2, 0.25) is 11.8 Å². The lowest BCUT2D eigenvalue weighted by atomic mass is 10.2. The second-order valence-electron chi connectivity index (χ2n) is 8.11. The molecule has 0 aliphatic heterocycles. The highest BCUT2D eigenvalue weighted by molar-refractivity contribution is 7.99. The Balaban J connectivity index is 1.82. The van der Waals surface area contributed by atoms with Gasteiger partial charge in [0, 0.05) is 25.1 Å². The van der Waals surface area contributed by atoms with E-state index in [-0.39, 0.29) is 16.9 Å². The largest absolute Gasteiger partial charge is 0.419 e. The van der Waals surface area contributed by atoms with Crippen molar-refractivity contribution in [1.29, 1.82) is 0 Å². The average molecular weight is 467 g/mol. The van der Waals surface area contributed by atoms with Crippen LogP contribution in [0.15, 0.2) is 49.4 Å². The second-order valence-corrected chi connectivity index (χ2v) is 9.44. The summed E-state index contributed by atoms with van der Waals surface area (Å²) in [4.78, 5) is 35.2. The summed E-state index contributed by atoms with van der Waals surface area (Å²) in [5.74, 6) is 1.45. The van der Waals surface area contributed by atoms with E-state index < -0.39 is 5.56 Å². The van der Waals surface area contributed by atoms with E-state index in [1.54, 1.807) is 4.57 Å². The molecule has 1 atom stereocenters. The molecule has 33 heavy (non-hydrogen) atoms. The molecule has 0 aliphatic carbocycles. The molecule has 1 unspecified atom stereocenters. The highest BCUT2D eigenvalue weighted by Gasteiger charge is 2.23. The highest BCUT2D eigenvalue weighted by atomic mass is 32.2. The molecule has 0 fully saturated rings. The van der Waals surface area contributed by atoms with Crippen LogP contribution in [0.2, 0.25) is 0 Å². The highest BCUT2D eigenvalue weighted by Crippen LogP contribution is 2.36. The standard InChI is InChI=1S/C23H26N6O3S/c1-6-12-29-18-16(22(30)28(5)23(29)31)21(25-17(24-18)13(2)3)33-14(4)19-26-27-20(32-19)15-10-8-7-9-11-15/h7-11,13-14H,6,12H2,1-5H3. The fraction of sp³-hybridized carbons (Fsp3) is 0.391. The zero-order valence-electron chi connectivity index (χ0n) is 19.3. The van der Waals surface area contributed by atoms with Crippen molar-refractivity contribution in [1.82, 2.24) is 29.3 Å². The van der Waals surface area contributed by atoms with E-state index >= 15 is 0 Å². The molecule has 4 rings (SSSR count). The van der Waals surface area contributed by atoms with Crippen molar-refractivity contribution in [3.63, 3.8) is 0 Å². The summed E-state index contributed by atoms with van der Waals surface area (Å²) >= 11 is 1.35. The molecule has 9 nitrogen and oxygen atoms in total. The Morgan fingerprint density at radius 2 is 1.79 bits per heavy atom. The monoisotopic (exact) mass is 466 g/mol. The van der Waals surface area contributed by atoms with Crippen LogP contribution < -0.4 is 11.2 Å². The molecule has 0 aliphatic rings. The Labute approximate surface area is 194 Å². The number of aromatic nitrogens is 6. The molecule has 3 aromatic heterocycles. The first-order valence-corrected chi connectivity index (χ1v) is 11.8. The van der Waals surface area contributed by atoms with Gasteiger partial charge in [0.25, 0.3) is 5.56 Å². The van der Waals surface area contributed by atoms with Crippen molar-refractivity contribution in [3.8, 4) is 11.5 Å². The van der Waals surface area contributed by atoms with Gasteiger partial charge in [-0.3, -0.25) is 13.9 Å². The summed E-state index contributed by atoms with van der Waals surface area (Å²) in [6.45, 7) is 8.31. The molecule has 0 saturated heterocycles. The lowest BCUT2D eigenvalue weighted by Crippen LogP contribution is -2.39. The number of fused-ring (bicyclic) bond motifs is 1. The van der Waals surface area contributed by atoms with Crippen LogP contribution in [0, 0.1) is 0 Å². The van der Waals surface area contributed by atoms with Crippen LogP contribution >= 0.6 is 11.8 Å². The number of nitrogens with zero attached hydrogens (tertiary/aromatic N) is 6. The van der Waals surface area contributed by atoms with Gasteiger partial charge in [-0.2, -0.15) is 0 Å². The minimum absolute atomic E-state index is 0.0198. The number of thioether (sulfide) groups is 1. The zero-order valence-corrected chi connectivity index (χ0v) is 20.1. The normalized spacial score (nSPS) is 12.5. The molecule has 0 amide bonds. The molecule has 0 spiro atoms. The van der Waals surface area contributed by atoms with Gasteiger partial charge in [-0.15, -0.1) is 10.2 Å². The number of hydrogen-bond donors (Lipinski definition) is 0. The van der Waals surface area contributed by atoms with Gasteiger partial charge >= 0.3 is 5.69 Å². The number of hydrogen-bond acceptors (Lipinski definition) is 8. The molecular formula is C23H26N6O3S. The van der Waals surface area contributed by atoms with Crippen LogP contribution in [-0.2, 0) is 13.6 Å². The van der Waals surface area contributed by atoms with Crippen LogP contribution in [0.4, 0.5) is 0 Å². The SMILES string of the molecule is CCCn1c(=O)n(C)c(=O)c2c(SC(C)c3nnc(-c4ccccc4)o3)nc(C(C)C)nc21. The minimum Gasteiger partial charge on any atom is -0.419 e. The van der Waals surface area contributed by atoms with Crippen LogP contribution in [-0.4, -0.2) is 29.3 Å². The molecule has 10 heteroatoms. The smallest absolute Gasteiger partial charge is 0.332 e. The summed E-state index contributed by atoms with van der Waals surface area (Å²) in [7, 11) is 1.48. The van der Waals surface area contributed by atoms with Crippen molar-refractivity contribution in [2.45, 2.75) is 56.9 Å². The molecule has 3 heterocycles. The van der Waals surface area contributed by atoms with E-state index in [9.17, 15) is 9.59 Å². The van der Waals surface area contributed by atoms with Crippen LogP contribution in [0.3, 0.4) is 0 Å². The molecule has 0 bridgehead atoms. The second kappa shape index (κ2) is 9.30.